The third-order valence-electron chi connectivity index (χ3n) is 0.342. The monoisotopic (exact) mass is 152 g/mol. The first-order valence-corrected chi connectivity index (χ1v) is 1.79. The van der Waals surface area contributed by atoms with Crippen LogP contribution < -0.4 is 23.3 Å². The first-order chi connectivity index (χ1) is 4.16. The molecule has 0 aromatic carbocycles. The van der Waals surface area contributed by atoms with E-state index in [2.05, 4.69) is 21.3 Å². The van der Waals surface area contributed by atoms with Crippen LogP contribution >= 0.6 is 0 Å². The van der Waals surface area contributed by atoms with Gasteiger partial charge in [-0.3, -0.25) is 0 Å². The lowest BCUT2D eigenvalue weighted by atomic mass is 11.2. The molecule has 0 aromatic rings. The van der Waals surface area contributed by atoms with Crippen LogP contribution in [0.2, 0.25) is 0 Å². The Labute approximate surface area is 55.9 Å². The minimum atomic E-state index is -1.15. The van der Waals surface area contributed by atoms with Crippen LogP contribution in [0.5, 0.6) is 0 Å². The Morgan fingerprint density at radius 1 is 1.40 bits per heavy atom. The van der Waals surface area contributed by atoms with Crippen molar-refractivity contribution in [2.24, 2.45) is 11.6 Å². The Balaban J connectivity index is 0. The molecule has 0 saturated carbocycles. The molecule has 10 heavy (non-hydrogen) atoms. The van der Waals surface area contributed by atoms with Gasteiger partial charge in [0, 0.05) is 0 Å². The molecule has 8 N–H and O–H groups in total. The van der Waals surface area contributed by atoms with Crippen LogP contribution in [-0.4, -0.2) is 12.2 Å². The second-order valence-electron chi connectivity index (χ2n) is 0.928. The molecule has 0 aliphatic rings. The van der Waals surface area contributed by atoms with Crippen molar-refractivity contribution < 1.29 is 19.3 Å². The van der Waals surface area contributed by atoms with Crippen molar-refractivity contribution in [3.8, 4) is 0 Å². The molecule has 0 radical (unpaired) electrons. The van der Waals surface area contributed by atoms with Gasteiger partial charge in [-0.2, -0.15) is 5.90 Å². The van der Waals surface area contributed by atoms with E-state index in [9.17, 15) is 9.59 Å². The van der Waals surface area contributed by atoms with Gasteiger partial charge in [0.1, 0.15) is 0 Å². The third-order valence-corrected chi connectivity index (χ3v) is 0.342. The molecule has 0 aromatic heterocycles. The average molecular weight is 152 g/mol. The molecule has 2 amide bonds. The summed E-state index contributed by atoms with van der Waals surface area (Å²) in [5.41, 5.74) is 5.89. The number of amides is 2. The highest BCUT2D eigenvalue weighted by Gasteiger charge is 1.99. The predicted octanol–water partition coefficient (Wildman–Crippen LogP) is -1.24. The van der Waals surface area contributed by atoms with Crippen molar-refractivity contribution in [2.45, 2.75) is 0 Å². The molecule has 0 atom stereocenters. The summed E-state index contributed by atoms with van der Waals surface area (Å²) < 4.78 is 0. The molecule has 0 heterocycles. The normalized spacial score (nSPS) is 6.90. The van der Waals surface area contributed by atoms with Crippen molar-refractivity contribution in [1.82, 2.24) is 11.6 Å². The number of hydrogen-bond acceptors (Lipinski definition) is 6. The molecule has 60 valence electrons. The fourth-order valence-corrected chi connectivity index (χ4v) is 0.116. The summed E-state index contributed by atoms with van der Waals surface area (Å²) in [5.74, 6) is 4.31. The lowest BCUT2D eigenvalue weighted by molar-refractivity contribution is 0.0682. The number of nitrogens with two attached hydrogens (primary N) is 2. The second-order valence-corrected chi connectivity index (χ2v) is 0.928. The SMILES string of the molecule is N.NOC(=O)NOC(N)=O. The van der Waals surface area contributed by atoms with Crippen LogP contribution in [0.1, 0.15) is 0 Å². The Bertz CT molecular complexity index is 124. The smallest absolute Gasteiger partial charge is 0.355 e. The molecule has 8 nitrogen and oxygen atoms in total. The van der Waals surface area contributed by atoms with Gasteiger partial charge in [0.25, 0.3) is 0 Å². The highest BCUT2D eigenvalue weighted by molar-refractivity contribution is 5.70. The first kappa shape index (κ1) is 11.3. The molecule has 0 aliphatic carbocycles. The number of nitrogens with one attached hydrogen (secondary N) is 1. The van der Waals surface area contributed by atoms with E-state index in [1.54, 1.807) is 0 Å². The molecule has 0 saturated heterocycles. The minimum absolute atomic E-state index is 0. The van der Waals surface area contributed by atoms with Gasteiger partial charge < -0.3 is 21.6 Å². The van der Waals surface area contributed by atoms with Crippen LogP contribution in [0.15, 0.2) is 0 Å². The van der Waals surface area contributed by atoms with E-state index in [1.165, 1.54) is 5.48 Å². The maximum Gasteiger partial charge on any atom is 0.459 e. The van der Waals surface area contributed by atoms with Crippen LogP contribution in [-0.2, 0) is 9.68 Å². The zero-order valence-corrected chi connectivity index (χ0v) is 4.99. The zero-order valence-electron chi connectivity index (χ0n) is 4.99. The summed E-state index contributed by atoms with van der Waals surface area (Å²) in [6, 6.07) is 0. The Morgan fingerprint density at radius 2 is 1.90 bits per heavy atom. The molecule has 0 spiro atoms. The molecular formula is C2H8N4O4. The van der Waals surface area contributed by atoms with Gasteiger partial charge in [-0.1, -0.05) is 0 Å². The summed E-state index contributed by atoms with van der Waals surface area (Å²) in [7, 11) is 0. The number of carbonyl (C=O) groups is 2. The van der Waals surface area contributed by atoms with E-state index >= 15 is 0 Å². The second kappa shape index (κ2) is 5.59. The zero-order chi connectivity index (χ0) is 7.28. The van der Waals surface area contributed by atoms with Crippen molar-refractivity contribution in [3.05, 3.63) is 0 Å². The molecule has 0 fully saturated rings. The van der Waals surface area contributed by atoms with Crippen LogP contribution in [0, 0.1) is 0 Å². The van der Waals surface area contributed by atoms with E-state index in [0.717, 1.165) is 0 Å². The lowest BCUT2D eigenvalue weighted by Gasteiger charge is -1.97. The summed E-state index contributed by atoms with van der Waals surface area (Å²) in [5, 5.41) is 0. The fourth-order valence-electron chi connectivity index (χ4n) is 0.116. The van der Waals surface area contributed by atoms with Crippen LogP contribution in [0.25, 0.3) is 0 Å². The first-order valence-electron chi connectivity index (χ1n) is 1.79. The summed E-state index contributed by atoms with van der Waals surface area (Å²) in [4.78, 5) is 26.9. The number of rotatable bonds is 0. The van der Waals surface area contributed by atoms with E-state index in [-0.39, 0.29) is 6.15 Å². The topological polar surface area (TPSA) is 152 Å². The standard InChI is InChI=1S/C2H5N3O4.H3N/c3-1(6)9-5-2(7)8-4;/h4H2,(H2,3,6)(H,5,7);1H3. The van der Waals surface area contributed by atoms with Gasteiger partial charge in [0.2, 0.25) is 0 Å². The largest absolute Gasteiger partial charge is 0.459 e. The summed E-state index contributed by atoms with van der Waals surface area (Å²) >= 11 is 0. The quantitative estimate of drug-likeness (QED) is 0.318. The highest BCUT2D eigenvalue weighted by Crippen LogP contribution is 1.68. The van der Waals surface area contributed by atoms with Gasteiger partial charge in [-0.15, -0.1) is 5.48 Å². The van der Waals surface area contributed by atoms with Crippen molar-refractivity contribution in [1.29, 1.82) is 0 Å². The fraction of sp³-hybridized carbons (Fsp3) is 0. The van der Waals surface area contributed by atoms with E-state index in [1.807, 2.05) is 0 Å². The van der Waals surface area contributed by atoms with E-state index in [4.69, 9.17) is 0 Å². The molecule has 8 heteroatoms. The number of hydrogen-bond donors (Lipinski definition) is 4. The molecule has 0 bridgehead atoms. The van der Waals surface area contributed by atoms with E-state index < -0.39 is 12.2 Å². The Morgan fingerprint density at radius 3 is 2.20 bits per heavy atom. The maximum atomic E-state index is 9.93. The molecule has 0 aliphatic heterocycles. The Hall–Kier alpha value is -1.54. The third kappa shape index (κ3) is 6.46. The lowest BCUT2D eigenvalue weighted by Crippen LogP contribution is -2.31. The van der Waals surface area contributed by atoms with Crippen LogP contribution in [0.4, 0.5) is 9.59 Å². The van der Waals surface area contributed by atoms with Crippen LogP contribution in [0.3, 0.4) is 0 Å². The number of carbonyl (C=O) groups excluding carboxylic acids is 2. The minimum Gasteiger partial charge on any atom is -0.355 e. The number of hydroxylamine groups is 1. The van der Waals surface area contributed by atoms with Crippen molar-refractivity contribution >= 4 is 12.2 Å². The average Bonchev–Trinajstić information content (AvgIpc) is 1.83. The summed E-state index contributed by atoms with van der Waals surface area (Å²) in [6.07, 6.45) is -2.26. The van der Waals surface area contributed by atoms with Gasteiger partial charge in [-0.05, 0) is 0 Å². The van der Waals surface area contributed by atoms with Crippen molar-refractivity contribution in [2.75, 3.05) is 0 Å². The molecular weight excluding hydrogens is 144 g/mol. The van der Waals surface area contributed by atoms with Crippen molar-refractivity contribution in [3.63, 3.8) is 0 Å². The predicted molar refractivity (Wildman–Crippen MR) is 29.5 cm³/mol. The van der Waals surface area contributed by atoms with Gasteiger partial charge in [-0.25, -0.2) is 9.59 Å². The van der Waals surface area contributed by atoms with E-state index in [0.29, 0.717) is 0 Å². The summed E-state index contributed by atoms with van der Waals surface area (Å²) in [6.45, 7) is 0. The Kier molecular flexibility index (Phi) is 6.31. The number of primary amides is 1. The molecule has 0 rings (SSSR count). The van der Waals surface area contributed by atoms with Gasteiger partial charge in [0.05, 0.1) is 0 Å². The van der Waals surface area contributed by atoms with Gasteiger partial charge >= 0.3 is 12.2 Å². The maximum absolute atomic E-state index is 9.93. The van der Waals surface area contributed by atoms with Gasteiger partial charge in [0.15, 0.2) is 0 Å². The highest BCUT2D eigenvalue weighted by atomic mass is 16.8. The molecule has 0 unspecified atom stereocenters.